The number of ether oxygens (including phenoxy) is 1. The highest BCUT2D eigenvalue weighted by molar-refractivity contribution is 5.67. The molecule has 0 aromatic carbocycles. The zero-order valence-electron chi connectivity index (χ0n) is 10.1. The van der Waals surface area contributed by atoms with Crippen LogP contribution in [-0.2, 0) is 4.74 Å². The van der Waals surface area contributed by atoms with E-state index in [1.54, 1.807) is 0 Å². The third-order valence-electron chi connectivity index (χ3n) is 2.75. The van der Waals surface area contributed by atoms with Crippen LogP contribution in [0.5, 0.6) is 0 Å². The molecule has 0 aromatic heterocycles. The lowest BCUT2D eigenvalue weighted by atomic mass is 9.94. The van der Waals surface area contributed by atoms with Crippen LogP contribution in [-0.4, -0.2) is 43.3 Å². The lowest BCUT2D eigenvalue weighted by Crippen LogP contribution is -2.49. The number of hydrogen-bond acceptors (Lipinski definition) is 3. The van der Waals surface area contributed by atoms with Gasteiger partial charge >= 0.3 is 6.09 Å². The van der Waals surface area contributed by atoms with Crippen LogP contribution in [0.1, 0.15) is 27.2 Å². The molecule has 0 radical (unpaired) electrons. The van der Waals surface area contributed by atoms with Crippen molar-refractivity contribution in [3.63, 3.8) is 0 Å². The monoisotopic (exact) mass is 214 g/mol. The topological polar surface area (TPSA) is 41.6 Å². The Bertz CT molecular complexity index is 219. The molecule has 2 atom stereocenters. The molecule has 15 heavy (non-hydrogen) atoms. The molecule has 0 saturated carbocycles. The maximum atomic E-state index is 11.4. The second kappa shape index (κ2) is 5.35. The summed E-state index contributed by atoms with van der Waals surface area (Å²) in [5.41, 5.74) is 0. The minimum Gasteiger partial charge on any atom is -0.447 e. The van der Waals surface area contributed by atoms with E-state index in [0.717, 1.165) is 19.5 Å². The first kappa shape index (κ1) is 12.3. The standard InChI is InChI=1S/C11H22N2O2/c1-8(2)15-11(14)12-10-5-6-13(4)7-9(10)3/h8-10H,5-7H2,1-4H3,(H,12,14). The fourth-order valence-electron chi connectivity index (χ4n) is 1.97. The molecule has 4 nitrogen and oxygen atoms in total. The van der Waals surface area contributed by atoms with Crippen molar-refractivity contribution >= 4 is 6.09 Å². The van der Waals surface area contributed by atoms with Gasteiger partial charge < -0.3 is 15.0 Å². The molecule has 1 N–H and O–H groups in total. The lowest BCUT2D eigenvalue weighted by molar-refractivity contribution is 0.0997. The van der Waals surface area contributed by atoms with E-state index in [2.05, 4.69) is 24.2 Å². The van der Waals surface area contributed by atoms with Crippen molar-refractivity contribution in [1.82, 2.24) is 10.2 Å². The van der Waals surface area contributed by atoms with E-state index in [1.807, 2.05) is 13.8 Å². The van der Waals surface area contributed by atoms with E-state index in [0.29, 0.717) is 5.92 Å². The minimum absolute atomic E-state index is 0.0495. The summed E-state index contributed by atoms with van der Waals surface area (Å²) in [5, 5.41) is 2.93. The highest BCUT2D eigenvalue weighted by Gasteiger charge is 2.25. The first-order chi connectivity index (χ1) is 6.99. The van der Waals surface area contributed by atoms with Crippen LogP contribution < -0.4 is 5.32 Å². The van der Waals surface area contributed by atoms with Gasteiger partial charge in [0.2, 0.25) is 0 Å². The van der Waals surface area contributed by atoms with E-state index in [9.17, 15) is 4.79 Å². The average Bonchev–Trinajstić information content (AvgIpc) is 2.08. The molecule has 2 unspecified atom stereocenters. The zero-order chi connectivity index (χ0) is 11.4. The molecule has 1 rings (SSSR count). The second-order valence-electron chi connectivity index (χ2n) is 4.73. The molecule has 1 fully saturated rings. The molecule has 0 spiro atoms. The van der Waals surface area contributed by atoms with Gasteiger partial charge in [-0.1, -0.05) is 6.92 Å². The number of nitrogens with zero attached hydrogens (tertiary/aromatic N) is 1. The van der Waals surface area contributed by atoms with Crippen LogP contribution in [0.25, 0.3) is 0 Å². The smallest absolute Gasteiger partial charge is 0.407 e. The van der Waals surface area contributed by atoms with Gasteiger partial charge in [-0.2, -0.15) is 0 Å². The number of alkyl carbamates (subject to hydrolysis) is 1. The number of nitrogens with one attached hydrogen (secondary N) is 1. The third-order valence-corrected chi connectivity index (χ3v) is 2.75. The van der Waals surface area contributed by atoms with Crippen LogP contribution >= 0.6 is 0 Å². The highest BCUT2D eigenvalue weighted by atomic mass is 16.6. The van der Waals surface area contributed by atoms with Gasteiger partial charge in [0.15, 0.2) is 0 Å². The number of amides is 1. The Balaban J connectivity index is 2.34. The predicted octanol–water partition coefficient (Wildman–Crippen LogP) is 1.46. The van der Waals surface area contributed by atoms with Gasteiger partial charge in [0, 0.05) is 12.6 Å². The van der Waals surface area contributed by atoms with Gasteiger partial charge in [-0.05, 0) is 39.8 Å². The van der Waals surface area contributed by atoms with Crippen LogP contribution in [0.4, 0.5) is 4.79 Å². The first-order valence-corrected chi connectivity index (χ1v) is 5.64. The fraction of sp³-hybridized carbons (Fsp3) is 0.909. The van der Waals surface area contributed by atoms with Crippen LogP contribution in [0.15, 0.2) is 0 Å². The number of carbonyl (C=O) groups is 1. The Morgan fingerprint density at radius 1 is 1.53 bits per heavy atom. The van der Waals surface area contributed by atoms with Gasteiger partial charge in [0.25, 0.3) is 0 Å². The van der Waals surface area contributed by atoms with Crippen molar-refractivity contribution in [2.24, 2.45) is 5.92 Å². The van der Waals surface area contributed by atoms with Crippen molar-refractivity contribution in [3.8, 4) is 0 Å². The molecule has 1 amide bonds. The molecule has 1 heterocycles. The number of rotatable bonds is 2. The van der Waals surface area contributed by atoms with Crippen molar-refractivity contribution in [2.45, 2.75) is 39.3 Å². The summed E-state index contributed by atoms with van der Waals surface area (Å²) in [6, 6.07) is 0.257. The normalized spacial score (nSPS) is 27.8. The van der Waals surface area contributed by atoms with E-state index in [-0.39, 0.29) is 18.2 Å². The Morgan fingerprint density at radius 2 is 2.20 bits per heavy atom. The maximum Gasteiger partial charge on any atom is 0.407 e. The van der Waals surface area contributed by atoms with Gasteiger partial charge in [-0.25, -0.2) is 4.79 Å². The van der Waals surface area contributed by atoms with Crippen molar-refractivity contribution in [2.75, 3.05) is 20.1 Å². The lowest BCUT2D eigenvalue weighted by Gasteiger charge is -2.34. The quantitative estimate of drug-likeness (QED) is 0.756. The summed E-state index contributed by atoms with van der Waals surface area (Å²) < 4.78 is 5.06. The largest absolute Gasteiger partial charge is 0.447 e. The van der Waals surface area contributed by atoms with Crippen LogP contribution in [0.3, 0.4) is 0 Å². The number of hydrogen-bond donors (Lipinski definition) is 1. The van der Waals surface area contributed by atoms with E-state index in [4.69, 9.17) is 4.74 Å². The first-order valence-electron chi connectivity index (χ1n) is 5.64. The fourth-order valence-corrected chi connectivity index (χ4v) is 1.97. The Morgan fingerprint density at radius 3 is 2.73 bits per heavy atom. The predicted molar refractivity (Wildman–Crippen MR) is 59.8 cm³/mol. The van der Waals surface area contributed by atoms with E-state index in [1.165, 1.54) is 0 Å². The zero-order valence-corrected chi connectivity index (χ0v) is 10.1. The molecule has 4 heteroatoms. The molecule has 88 valence electrons. The van der Waals surface area contributed by atoms with Crippen molar-refractivity contribution < 1.29 is 9.53 Å². The molecular weight excluding hydrogens is 192 g/mol. The number of likely N-dealkylation sites (tertiary alicyclic amines) is 1. The molecule has 0 aliphatic carbocycles. The van der Waals surface area contributed by atoms with Crippen molar-refractivity contribution in [1.29, 1.82) is 0 Å². The maximum absolute atomic E-state index is 11.4. The highest BCUT2D eigenvalue weighted by Crippen LogP contribution is 2.15. The Hall–Kier alpha value is -0.770. The van der Waals surface area contributed by atoms with Gasteiger partial charge in [0.05, 0.1) is 6.10 Å². The summed E-state index contributed by atoms with van der Waals surface area (Å²) in [4.78, 5) is 13.7. The summed E-state index contributed by atoms with van der Waals surface area (Å²) in [5.74, 6) is 0.489. The van der Waals surface area contributed by atoms with Crippen LogP contribution in [0, 0.1) is 5.92 Å². The SMILES string of the molecule is CC(C)OC(=O)NC1CCN(C)CC1C. The molecular formula is C11H22N2O2. The van der Waals surface area contributed by atoms with Crippen LogP contribution in [0.2, 0.25) is 0 Å². The molecule has 0 bridgehead atoms. The van der Waals surface area contributed by atoms with E-state index < -0.39 is 0 Å². The number of piperidine rings is 1. The Labute approximate surface area is 92.0 Å². The second-order valence-corrected chi connectivity index (χ2v) is 4.73. The summed E-state index contributed by atoms with van der Waals surface area (Å²) in [7, 11) is 2.11. The summed E-state index contributed by atoms with van der Waals surface area (Å²) >= 11 is 0. The van der Waals surface area contributed by atoms with Crippen molar-refractivity contribution in [3.05, 3.63) is 0 Å². The van der Waals surface area contributed by atoms with Gasteiger partial charge in [-0.3, -0.25) is 0 Å². The Kier molecular flexibility index (Phi) is 4.39. The van der Waals surface area contributed by atoms with E-state index >= 15 is 0 Å². The third kappa shape index (κ3) is 4.08. The number of carbonyl (C=O) groups excluding carboxylic acids is 1. The van der Waals surface area contributed by atoms with Gasteiger partial charge in [-0.15, -0.1) is 0 Å². The summed E-state index contributed by atoms with van der Waals surface area (Å²) in [6.07, 6.45) is 0.670. The molecule has 0 aromatic rings. The van der Waals surface area contributed by atoms with Gasteiger partial charge in [0.1, 0.15) is 0 Å². The minimum atomic E-state index is -0.286. The molecule has 1 aliphatic heterocycles. The summed E-state index contributed by atoms with van der Waals surface area (Å²) in [6.45, 7) is 7.95. The average molecular weight is 214 g/mol. The molecule has 1 saturated heterocycles. The molecule has 1 aliphatic rings.